The average molecular weight is 285 g/mol. The van der Waals surface area contributed by atoms with Gasteiger partial charge < -0.3 is 5.32 Å². The molecule has 0 aliphatic heterocycles. The number of benzene rings is 1. The monoisotopic (exact) mass is 284 g/mol. The van der Waals surface area contributed by atoms with Gasteiger partial charge in [-0.05, 0) is 31.4 Å². The highest BCUT2D eigenvalue weighted by atomic mass is 35.5. The molecule has 0 bridgehead atoms. The predicted octanol–water partition coefficient (Wildman–Crippen LogP) is 3.04. The molecule has 104 valence electrons. The van der Waals surface area contributed by atoms with Crippen molar-refractivity contribution in [2.24, 2.45) is 0 Å². The fourth-order valence-electron chi connectivity index (χ4n) is 1.79. The molecule has 1 unspecified atom stereocenters. The summed E-state index contributed by atoms with van der Waals surface area (Å²) >= 11 is 5.67. The van der Waals surface area contributed by atoms with E-state index in [0.29, 0.717) is 23.4 Å². The van der Waals surface area contributed by atoms with Crippen LogP contribution in [-0.4, -0.2) is 22.8 Å². The molecule has 0 fully saturated rings. The Hall–Kier alpha value is -1.62. The Balaban J connectivity index is 2.85. The van der Waals surface area contributed by atoms with Gasteiger partial charge in [0, 0.05) is 29.6 Å². The van der Waals surface area contributed by atoms with Gasteiger partial charge in [0.1, 0.15) is 0 Å². The molecule has 1 atom stereocenters. The molecule has 1 aromatic rings. The molecule has 0 radical (unpaired) electrons. The van der Waals surface area contributed by atoms with Crippen molar-refractivity contribution in [3.63, 3.8) is 0 Å². The van der Waals surface area contributed by atoms with E-state index < -0.39 is 4.92 Å². The van der Waals surface area contributed by atoms with Gasteiger partial charge in [0.25, 0.3) is 11.6 Å². The van der Waals surface area contributed by atoms with Gasteiger partial charge in [0.2, 0.25) is 0 Å². The number of alkyl halides is 1. The van der Waals surface area contributed by atoms with Crippen molar-refractivity contribution < 1.29 is 9.72 Å². The number of nitro benzene ring substituents is 1. The summed E-state index contributed by atoms with van der Waals surface area (Å²) in [5, 5.41) is 13.5. The van der Waals surface area contributed by atoms with Gasteiger partial charge in [-0.1, -0.05) is 6.92 Å². The summed E-state index contributed by atoms with van der Waals surface area (Å²) in [6.45, 7) is 3.66. The second-order valence-corrected chi connectivity index (χ2v) is 4.69. The number of aryl methyl sites for hydroxylation is 1. The van der Waals surface area contributed by atoms with Gasteiger partial charge >= 0.3 is 0 Å². The zero-order valence-electron chi connectivity index (χ0n) is 11.0. The molecule has 0 heterocycles. The van der Waals surface area contributed by atoms with Gasteiger partial charge in [-0.3, -0.25) is 14.9 Å². The van der Waals surface area contributed by atoms with Crippen LogP contribution in [0.25, 0.3) is 0 Å². The number of non-ortho nitro benzene ring substituents is 1. The van der Waals surface area contributed by atoms with Crippen LogP contribution in [0.3, 0.4) is 0 Å². The van der Waals surface area contributed by atoms with Crippen LogP contribution in [0.1, 0.15) is 35.7 Å². The normalized spacial score (nSPS) is 11.9. The third kappa shape index (κ3) is 4.21. The molecule has 0 aliphatic carbocycles. The molecule has 0 aromatic heterocycles. The maximum absolute atomic E-state index is 12.1. The maximum Gasteiger partial charge on any atom is 0.269 e. The van der Waals surface area contributed by atoms with Crippen LogP contribution in [0.5, 0.6) is 0 Å². The summed E-state index contributed by atoms with van der Waals surface area (Å²) in [6, 6.07) is 4.25. The first-order valence-electron chi connectivity index (χ1n) is 6.11. The molecule has 5 nitrogen and oxygen atoms in total. The third-order valence-electron chi connectivity index (χ3n) is 2.95. The lowest BCUT2D eigenvalue weighted by atomic mass is 10.1. The first kappa shape index (κ1) is 15.4. The van der Waals surface area contributed by atoms with Crippen LogP contribution in [0, 0.1) is 17.0 Å². The number of hydrogen-bond acceptors (Lipinski definition) is 3. The topological polar surface area (TPSA) is 72.2 Å². The van der Waals surface area contributed by atoms with Crippen molar-refractivity contribution in [2.45, 2.75) is 32.7 Å². The van der Waals surface area contributed by atoms with E-state index in [9.17, 15) is 14.9 Å². The Morgan fingerprint density at radius 2 is 2.21 bits per heavy atom. The Morgan fingerprint density at radius 3 is 2.68 bits per heavy atom. The minimum absolute atomic E-state index is 0.0122. The van der Waals surface area contributed by atoms with E-state index >= 15 is 0 Å². The molecule has 0 spiro atoms. The van der Waals surface area contributed by atoms with E-state index in [1.807, 2.05) is 6.92 Å². The number of carbonyl (C=O) groups excluding carboxylic acids is 1. The lowest BCUT2D eigenvalue weighted by Gasteiger charge is -2.16. The molecule has 1 N–H and O–H groups in total. The Kier molecular flexibility index (Phi) is 5.76. The fourth-order valence-corrected chi connectivity index (χ4v) is 2.05. The Labute approximate surface area is 117 Å². The number of nitrogens with zero attached hydrogens (tertiary/aromatic N) is 1. The zero-order chi connectivity index (χ0) is 14.4. The molecule has 0 saturated heterocycles. The molecule has 1 amide bonds. The molecule has 6 heteroatoms. The highest BCUT2D eigenvalue weighted by molar-refractivity contribution is 6.17. The van der Waals surface area contributed by atoms with Crippen LogP contribution in [0.2, 0.25) is 0 Å². The van der Waals surface area contributed by atoms with E-state index in [1.165, 1.54) is 18.2 Å². The number of nitro groups is 1. The molecule has 1 rings (SSSR count). The first-order valence-corrected chi connectivity index (χ1v) is 6.64. The van der Waals surface area contributed by atoms with Crippen LogP contribution >= 0.6 is 11.6 Å². The molecule has 0 aliphatic rings. The van der Waals surface area contributed by atoms with Gasteiger partial charge in [0.15, 0.2) is 0 Å². The lowest BCUT2D eigenvalue weighted by molar-refractivity contribution is -0.384. The van der Waals surface area contributed by atoms with Crippen LogP contribution < -0.4 is 5.32 Å². The molecular weight excluding hydrogens is 268 g/mol. The van der Waals surface area contributed by atoms with E-state index in [2.05, 4.69) is 5.32 Å². The SMILES string of the molecule is CCC(CCCl)NC(=O)c1ccc([N+](=O)[O-])cc1C. The van der Waals surface area contributed by atoms with Crippen molar-refractivity contribution in [2.75, 3.05) is 5.88 Å². The standard InChI is InChI=1S/C13H17ClN2O3/c1-3-10(6-7-14)15-13(17)12-5-4-11(16(18)19)8-9(12)2/h4-5,8,10H,3,6-7H2,1-2H3,(H,15,17). The summed E-state index contributed by atoms with van der Waals surface area (Å²) in [5.74, 6) is 0.266. The smallest absolute Gasteiger partial charge is 0.269 e. The summed E-state index contributed by atoms with van der Waals surface area (Å²) in [7, 11) is 0. The second-order valence-electron chi connectivity index (χ2n) is 4.31. The number of carbonyl (C=O) groups is 1. The van der Waals surface area contributed by atoms with Gasteiger partial charge in [-0.2, -0.15) is 0 Å². The van der Waals surface area contributed by atoms with Crippen LogP contribution in [0.4, 0.5) is 5.69 Å². The average Bonchev–Trinajstić information content (AvgIpc) is 2.37. The highest BCUT2D eigenvalue weighted by Crippen LogP contribution is 2.17. The predicted molar refractivity (Wildman–Crippen MR) is 74.7 cm³/mol. The minimum Gasteiger partial charge on any atom is -0.349 e. The van der Waals surface area contributed by atoms with Gasteiger partial charge in [-0.25, -0.2) is 0 Å². The zero-order valence-corrected chi connectivity index (χ0v) is 11.7. The Morgan fingerprint density at radius 1 is 1.53 bits per heavy atom. The summed E-state index contributed by atoms with van der Waals surface area (Å²) in [5.41, 5.74) is 1.04. The van der Waals surface area contributed by atoms with Crippen molar-refractivity contribution in [1.29, 1.82) is 0 Å². The molecular formula is C13H17ClN2O3. The van der Waals surface area contributed by atoms with Crippen molar-refractivity contribution in [1.82, 2.24) is 5.32 Å². The van der Waals surface area contributed by atoms with E-state index in [4.69, 9.17) is 11.6 Å². The van der Waals surface area contributed by atoms with Gasteiger partial charge in [-0.15, -0.1) is 11.6 Å². The Bertz CT molecular complexity index is 477. The number of nitrogens with one attached hydrogen (secondary N) is 1. The van der Waals surface area contributed by atoms with Gasteiger partial charge in [0.05, 0.1) is 4.92 Å². The van der Waals surface area contributed by atoms with E-state index in [1.54, 1.807) is 6.92 Å². The largest absolute Gasteiger partial charge is 0.349 e. The molecule has 0 saturated carbocycles. The van der Waals surface area contributed by atoms with Crippen molar-refractivity contribution in [3.8, 4) is 0 Å². The number of halogens is 1. The number of amides is 1. The van der Waals surface area contributed by atoms with E-state index in [-0.39, 0.29) is 17.6 Å². The second kappa shape index (κ2) is 7.09. The lowest BCUT2D eigenvalue weighted by Crippen LogP contribution is -2.35. The van der Waals surface area contributed by atoms with Crippen molar-refractivity contribution in [3.05, 3.63) is 39.4 Å². The summed E-state index contributed by atoms with van der Waals surface area (Å²) in [6.07, 6.45) is 1.50. The van der Waals surface area contributed by atoms with E-state index in [0.717, 1.165) is 6.42 Å². The van der Waals surface area contributed by atoms with Crippen LogP contribution in [0.15, 0.2) is 18.2 Å². The first-order chi connectivity index (χ1) is 8.99. The molecule has 1 aromatic carbocycles. The third-order valence-corrected chi connectivity index (χ3v) is 3.17. The minimum atomic E-state index is -0.475. The maximum atomic E-state index is 12.1. The number of rotatable bonds is 6. The molecule has 19 heavy (non-hydrogen) atoms. The van der Waals surface area contributed by atoms with Crippen LogP contribution in [-0.2, 0) is 0 Å². The summed E-state index contributed by atoms with van der Waals surface area (Å²) in [4.78, 5) is 22.2. The quantitative estimate of drug-likeness (QED) is 0.496. The highest BCUT2D eigenvalue weighted by Gasteiger charge is 2.16. The van der Waals surface area contributed by atoms with Crippen molar-refractivity contribution >= 4 is 23.2 Å². The fraction of sp³-hybridized carbons (Fsp3) is 0.462. The number of hydrogen-bond donors (Lipinski definition) is 1. The summed E-state index contributed by atoms with van der Waals surface area (Å²) < 4.78 is 0.